The number of benzene rings is 2. The molecule has 0 aliphatic carbocycles. The first-order chi connectivity index (χ1) is 12.2. The van der Waals surface area contributed by atoms with Crippen molar-refractivity contribution in [2.45, 2.75) is 32.5 Å². The molecule has 1 N–H and O–H groups in total. The molecule has 3 rings (SSSR count). The Morgan fingerprint density at radius 3 is 2.68 bits per heavy atom. The molecule has 5 heteroatoms. The van der Waals surface area contributed by atoms with E-state index in [1.54, 1.807) is 18.0 Å². The van der Waals surface area contributed by atoms with Gasteiger partial charge in [0, 0.05) is 19.1 Å². The van der Waals surface area contributed by atoms with Gasteiger partial charge in [0.25, 0.3) is 5.56 Å². The standard InChI is InChI=1S/C20H23N3O2/c1-15(21-13-16-7-9-17(25-2)10-8-16)11-12-23-14-22-19-6-4-3-5-18(19)20(23)24/h3-10,14-15,21H,11-13H2,1-2H3. The minimum absolute atomic E-state index is 0.0213. The van der Waals surface area contributed by atoms with Crippen molar-refractivity contribution in [3.05, 3.63) is 70.8 Å². The molecule has 0 aliphatic rings. The van der Waals surface area contributed by atoms with Crippen molar-refractivity contribution in [3.8, 4) is 5.75 Å². The van der Waals surface area contributed by atoms with E-state index in [1.807, 2.05) is 36.4 Å². The topological polar surface area (TPSA) is 56.1 Å². The first-order valence-electron chi connectivity index (χ1n) is 8.48. The molecule has 130 valence electrons. The summed E-state index contributed by atoms with van der Waals surface area (Å²) < 4.78 is 6.85. The van der Waals surface area contributed by atoms with Gasteiger partial charge >= 0.3 is 0 Å². The number of nitrogens with one attached hydrogen (secondary N) is 1. The van der Waals surface area contributed by atoms with E-state index in [0.29, 0.717) is 18.0 Å². The maximum atomic E-state index is 12.5. The molecule has 0 aliphatic heterocycles. The van der Waals surface area contributed by atoms with E-state index < -0.39 is 0 Å². The molecular weight excluding hydrogens is 314 g/mol. The van der Waals surface area contributed by atoms with Crippen LogP contribution in [-0.2, 0) is 13.1 Å². The normalized spacial score (nSPS) is 12.2. The lowest BCUT2D eigenvalue weighted by molar-refractivity contribution is 0.414. The third-order valence-corrected chi connectivity index (χ3v) is 4.35. The van der Waals surface area contributed by atoms with Crippen LogP contribution in [0.3, 0.4) is 0 Å². The monoisotopic (exact) mass is 337 g/mol. The third kappa shape index (κ3) is 4.25. The van der Waals surface area contributed by atoms with Crippen molar-refractivity contribution in [1.82, 2.24) is 14.9 Å². The highest BCUT2D eigenvalue weighted by Gasteiger charge is 2.06. The molecule has 5 nitrogen and oxygen atoms in total. The largest absolute Gasteiger partial charge is 0.497 e. The summed E-state index contributed by atoms with van der Waals surface area (Å²) in [5.74, 6) is 0.861. The number of para-hydroxylation sites is 1. The highest BCUT2D eigenvalue weighted by Crippen LogP contribution is 2.11. The second-order valence-corrected chi connectivity index (χ2v) is 6.18. The van der Waals surface area contributed by atoms with Crippen LogP contribution < -0.4 is 15.6 Å². The van der Waals surface area contributed by atoms with Gasteiger partial charge in [0.2, 0.25) is 0 Å². The average Bonchev–Trinajstić information content (AvgIpc) is 2.66. The molecule has 0 amide bonds. The van der Waals surface area contributed by atoms with Crippen LogP contribution >= 0.6 is 0 Å². The number of rotatable bonds is 7. The number of aryl methyl sites for hydroxylation is 1. The zero-order valence-electron chi connectivity index (χ0n) is 14.6. The number of methoxy groups -OCH3 is 1. The molecule has 0 bridgehead atoms. The number of ether oxygens (including phenoxy) is 1. The molecule has 0 saturated heterocycles. The highest BCUT2D eigenvalue weighted by molar-refractivity contribution is 5.76. The number of aromatic nitrogens is 2. The van der Waals surface area contributed by atoms with Crippen LogP contribution in [0.2, 0.25) is 0 Å². The van der Waals surface area contributed by atoms with Gasteiger partial charge in [0.1, 0.15) is 5.75 Å². The van der Waals surface area contributed by atoms with E-state index in [0.717, 1.165) is 24.2 Å². The smallest absolute Gasteiger partial charge is 0.261 e. The summed E-state index contributed by atoms with van der Waals surface area (Å²) in [5, 5.41) is 4.16. The van der Waals surface area contributed by atoms with Crippen molar-refractivity contribution in [3.63, 3.8) is 0 Å². The predicted octanol–water partition coefficient (Wildman–Crippen LogP) is 2.97. The van der Waals surface area contributed by atoms with Gasteiger partial charge < -0.3 is 10.1 Å². The highest BCUT2D eigenvalue weighted by atomic mass is 16.5. The van der Waals surface area contributed by atoms with E-state index in [4.69, 9.17) is 4.74 Å². The first kappa shape index (κ1) is 17.2. The van der Waals surface area contributed by atoms with Crippen LogP contribution in [0.1, 0.15) is 18.9 Å². The average molecular weight is 337 g/mol. The third-order valence-electron chi connectivity index (χ3n) is 4.35. The van der Waals surface area contributed by atoms with Crippen LogP contribution in [-0.4, -0.2) is 22.7 Å². The molecule has 0 radical (unpaired) electrons. The molecule has 1 aromatic heterocycles. The quantitative estimate of drug-likeness (QED) is 0.720. The fraction of sp³-hybridized carbons (Fsp3) is 0.300. The second-order valence-electron chi connectivity index (χ2n) is 6.18. The number of hydrogen-bond donors (Lipinski definition) is 1. The predicted molar refractivity (Wildman–Crippen MR) is 99.9 cm³/mol. The Hall–Kier alpha value is -2.66. The van der Waals surface area contributed by atoms with Crippen LogP contribution in [0.5, 0.6) is 5.75 Å². The van der Waals surface area contributed by atoms with Crippen LogP contribution in [0.4, 0.5) is 0 Å². The molecule has 1 heterocycles. The van der Waals surface area contributed by atoms with Gasteiger partial charge in [-0.25, -0.2) is 4.98 Å². The fourth-order valence-electron chi connectivity index (χ4n) is 2.74. The van der Waals surface area contributed by atoms with Gasteiger partial charge in [0.15, 0.2) is 0 Å². The van der Waals surface area contributed by atoms with Crippen molar-refractivity contribution >= 4 is 10.9 Å². The summed E-state index contributed by atoms with van der Waals surface area (Å²) >= 11 is 0. The lowest BCUT2D eigenvalue weighted by Gasteiger charge is -2.15. The SMILES string of the molecule is COc1ccc(CNC(C)CCn2cnc3ccccc3c2=O)cc1. The van der Waals surface area contributed by atoms with E-state index >= 15 is 0 Å². The zero-order valence-corrected chi connectivity index (χ0v) is 14.6. The maximum Gasteiger partial charge on any atom is 0.261 e. The molecule has 1 unspecified atom stereocenters. The van der Waals surface area contributed by atoms with Gasteiger partial charge in [-0.1, -0.05) is 24.3 Å². The molecule has 1 atom stereocenters. The first-order valence-corrected chi connectivity index (χ1v) is 8.48. The lowest BCUT2D eigenvalue weighted by atomic mass is 10.2. The summed E-state index contributed by atoms with van der Waals surface area (Å²) in [6.07, 6.45) is 2.50. The van der Waals surface area contributed by atoms with Gasteiger partial charge in [-0.2, -0.15) is 0 Å². The maximum absolute atomic E-state index is 12.5. The molecule has 0 spiro atoms. The Labute approximate surface area is 147 Å². The second kappa shape index (κ2) is 7.94. The summed E-state index contributed by atoms with van der Waals surface area (Å²) in [5.41, 5.74) is 1.97. The summed E-state index contributed by atoms with van der Waals surface area (Å²) in [6, 6.07) is 15.8. The molecule has 2 aromatic carbocycles. The molecular formula is C20H23N3O2. The van der Waals surface area contributed by atoms with Gasteiger partial charge in [-0.3, -0.25) is 9.36 Å². The number of nitrogens with zero attached hydrogens (tertiary/aromatic N) is 2. The summed E-state index contributed by atoms with van der Waals surface area (Å²) in [7, 11) is 1.67. The van der Waals surface area contributed by atoms with Crippen molar-refractivity contribution in [1.29, 1.82) is 0 Å². The van der Waals surface area contributed by atoms with Crippen LogP contribution in [0, 0.1) is 0 Å². The molecule has 3 aromatic rings. The van der Waals surface area contributed by atoms with Crippen molar-refractivity contribution in [2.24, 2.45) is 0 Å². The van der Waals surface area contributed by atoms with Crippen LogP contribution in [0.15, 0.2) is 59.7 Å². The molecule has 25 heavy (non-hydrogen) atoms. The van der Waals surface area contributed by atoms with Gasteiger partial charge in [-0.05, 0) is 43.2 Å². The molecule has 0 saturated carbocycles. The van der Waals surface area contributed by atoms with Gasteiger partial charge in [0.05, 0.1) is 24.3 Å². The Bertz CT molecular complexity index is 887. The summed E-state index contributed by atoms with van der Waals surface area (Å²) in [6.45, 7) is 3.56. The summed E-state index contributed by atoms with van der Waals surface area (Å²) in [4.78, 5) is 16.8. The Morgan fingerprint density at radius 2 is 1.92 bits per heavy atom. The molecule has 0 fully saturated rings. The zero-order chi connectivity index (χ0) is 17.6. The van der Waals surface area contributed by atoms with Crippen molar-refractivity contribution in [2.75, 3.05) is 7.11 Å². The van der Waals surface area contributed by atoms with E-state index in [-0.39, 0.29) is 5.56 Å². The fourth-order valence-corrected chi connectivity index (χ4v) is 2.74. The van der Waals surface area contributed by atoms with E-state index in [2.05, 4.69) is 29.4 Å². The minimum Gasteiger partial charge on any atom is -0.497 e. The van der Waals surface area contributed by atoms with Crippen molar-refractivity contribution < 1.29 is 4.74 Å². The van der Waals surface area contributed by atoms with E-state index in [1.165, 1.54) is 5.56 Å². The van der Waals surface area contributed by atoms with Crippen LogP contribution in [0.25, 0.3) is 10.9 Å². The number of hydrogen-bond acceptors (Lipinski definition) is 4. The number of fused-ring (bicyclic) bond motifs is 1. The van der Waals surface area contributed by atoms with Gasteiger partial charge in [-0.15, -0.1) is 0 Å². The lowest BCUT2D eigenvalue weighted by Crippen LogP contribution is -2.29. The minimum atomic E-state index is 0.0213. The van der Waals surface area contributed by atoms with E-state index in [9.17, 15) is 4.79 Å². The Morgan fingerprint density at radius 1 is 1.16 bits per heavy atom. The Balaban J connectivity index is 1.56. The Kier molecular flexibility index (Phi) is 5.46.